The molecule has 0 saturated carbocycles. The summed E-state index contributed by atoms with van der Waals surface area (Å²) < 4.78 is 5.07. The number of amides is 1. The first-order valence-corrected chi connectivity index (χ1v) is 6.92. The molecule has 1 atom stereocenters. The van der Waals surface area contributed by atoms with E-state index in [-0.39, 0.29) is 18.2 Å². The lowest BCUT2D eigenvalue weighted by atomic mass is 10.0. The van der Waals surface area contributed by atoms with Gasteiger partial charge < -0.3 is 15.2 Å². The highest BCUT2D eigenvalue weighted by molar-refractivity contribution is 5.93. The van der Waals surface area contributed by atoms with Crippen LogP contribution >= 0.6 is 0 Å². The van der Waals surface area contributed by atoms with Gasteiger partial charge in [-0.05, 0) is 30.2 Å². The molecule has 2 rings (SSSR count). The predicted molar refractivity (Wildman–Crippen MR) is 82.4 cm³/mol. The van der Waals surface area contributed by atoms with Crippen LogP contribution in [0.3, 0.4) is 0 Å². The summed E-state index contributed by atoms with van der Waals surface area (Å²) in [6.45, 7) is 3.76. The normalized spacial score (nSPS) is 12.4. The average Bonchev–Trinajstić information content (AvgIpc) is 2.46. The number of carbonyl (C=O) groups excluding carboxylic acids is 1. The van der Waals surface area contributed by atoms with E-state index >= 15 is 0 Å². The van der Waals surface area contributed by atoms with Crippen molar-refractivity contribution in [2.24, 2.45) is 5.92 Å². The number of carbonyl (C=O) groups is 1. The summed E-state index contributed by atoms with van der Waals surface area (Å²) in [5, 5.41) is 13.4. The summed E-state index contributed by atoms with van der Waals surface area (Å²) in [6.07, 6.45) is -0.535. The fourth-order valence-electron chi connectivity index (χ4n) is 1.94. The van der Waals surface area contributed by atoms with Crippen molar-refractivity contribution in [2.75, 3.05) is 12.4 Å². The Balaban J connectivity index is 2.11. The van der Waals surface area contributed by atoms with E-state index in [1.54, 1.807) is 19.2 Å². The first-order valence-electron chi connectivity index (χ1n) is 6.92. The van der Waals surface area contributed by atoms with Gasteiger partial charge in [0.05, 0.1) is 25.2 Å². The molecule has 0 aliphatic rings. The maximum absolute atomic E-state index is 11.9. The second-order valence-corrected chi connectivity index (χ2v) is 5.32. The van der Waals surface area contributed by atoms with Crippen LogP contribution in [0.2, 0.25) is 0 Å². The number of hydrogen-bond acceptors (Lipinski definition) is 4. The van der Waals surface area contributed by atoms with Crippen LogP contribution in [0, 0.1) is 5.92 Å². The Morgan fingerprint density at radius 1 is 1.33 bits per heavy atom. The van der Waals surface area contributed by atoms with Crippen LogP contribution in [0.5, 0.6) is 5.88 Å². The number of rotatable bonds is 5. The number of aromatic nitrogens is 1. The lowest BCUT2D eigenvalue weighted by Crippen LogP contribution is -2.23. The van der Waals surface area contributed by atoms with E-state index in [4.69, 9.17) is 4.74 Å². The van der Waals surface area contributed by atoms with Crippen LogP contribution in [-0.2, 0) is 4.79 Å². The fourth-order valence-corrected chi connectivity index (χ4v) is 1.94. The van der Waals surface area contributed by atoms with Crippen molar-refractivity contribution in [3.63, 3.8) is 0 Å². The maximum atomic E-state index is 11.9. The highest BCUT2D eigenvalue weighted by Gasteiger charge is 2.14. The van der Waals surface area contributed by atoms with E-state index < -0.39 is 6.10 Å². The molecule has 1 heterocycles. The van der Waals surface area contributed by atoms with Crippen LogP contribution in [0.1, 0.15) is 20.3 Å². The molecule has 1 amide bonds. The molecule has 5 nitrogen and oxygen atoms in total. The standard InChI is InChI=1S/C16H20N2O3/c1-10(2)14(19)9-15(20)17-12-5-6-13-11(8-12)4-7-16(18-13)21-3/h4-8,10,14,19H,9H2,1-3H3,(H,17,20). The van der Waals surface area contributed by atoms with Crippen molar-refractivity contribution in [1.29, 1.82) is 0 Å². The van der Waals surface area contributed by atoms with Crippen molar-refractivity contribution in [2.45, 2.75) is 26.4 Å². The van der Waals surface area contributed by atoms with Gasteiger partial charge in [-0.1, -0.05) is 13.8 Å². The molecule has 1 unspecified atom stereocenters. The first kappa shape index (κ1) is 15.3. The van der Waals surface area contributed by atoms with Gasteiger partial charge >= 0.3 is 0 Å². The van der Waals surface area contributed by atoms with Gasteiger partial charge in [-0.25, -0.2) is 4.98 Å². The van der Waals surface area contributed by atoms with Gasteiger partial charge in [-0.2, -0.15) is 0 Å². The molecule has 112 valence electrons. The number of methoxy groups -OCH3 is 1. The molecule has 0 saturated heterocycles. The van der Waals surface area contributed by atoms with Gasteiger partial charge in [-0.3, -0.25) is 4.79 Å². The summed E-state index contributed by atoms with van der Waals surface area (Å²) in [6, 6.07) is 9.12. The number of aliphatic hydroxyl groups excluding tert-OH is 1. The number of benzene rings is 1. The van der Waals surface area contributed by atoms with Crippen molar-refractivity contribution in [3.05, 3.63) is 30.3 Å². The van der Waals surface area contributed by atoms with Gasteiger partial charge in [0.25, 0.3) is 0 Å². The molecule has 21 heavy (non-hydrogen) atoms. The molecular formula is C16H20N2O3. The second kappa shape index (κ2) is 6.54. The number of anilines is 1. The molecule has 0 aliphatic heterocycles. The molecule has 0 fully saturated rings. The number of hydrogen-bond donors (Lipinski definition) is 2. The van der Waals surface area contributed by atoms with Crippen LogP contribution in [0.15, 0.2) is 30.3 Å². The van der Waals surface area contributed by atoms with E-state index in [9.17, 15) is 9.90 Å². The first-order chi connectivity index (χ1) is 9.99. The Hall–Kier alpha value is -2.14. The zero-order valence-corrected chi connectivity index (χ0v) is 12.5. The summed E-state index contributed by atoms with van der Waals surface area (Å²) in [7, 11) is 1.57. The van der Waals surface area contributed by atoms with Gasteiger partial charge in [0, 0.05) is 17.1 Å². The van der Waals surface area contributed by atoms with Crippen LogP contribution in [-0.4, -0.2) is 29.2 Å². The minimum Gasteiger partial charge on any atom is -0.481 e. The van der Waals surface area contributed by atoms with Gasteiger partial charge in [0.2, 0.25) is 11.8 Å². The minimum absolute atomic E-state index is 0.0593. The van der Waals surface area contributed by atoms with Crippen LogP contribution in [0.25, 0.3) is 10.9 Å². The molecule has 0 aliphatic carbocycles. The molecule has 1 aromatic carbocycles. The SMILES string of the molecule is COc1ccc2cc(NC(=O)CC(O)C(C)C)ccc2n1. The number of nitrogens with one attached hydrogen (secondary N) is 1. The van der Waals surface area contributed by atoms with Gasteiger partial charge in [-0.15, -0.1) is 0 Å². The Kier molecular flexibility index (Phi) is 4.75. The summed E-state index contributed by atoms with van der Waals surface area (Å²) in [5.41, 5.74) is 1.49. The van der Waals surface area contributed by atoms with E-state index in [0.717, 1.165) is 10.9 Å². The highest BCUT2D eigenvalue weighted by atomic mass is 16.5. The lowest BCUT2D eigenvalue weighted by Gasteiger charge is -2.14. The summed E-state index contributed by atoms with van der Waals surface area (Å²) in [5.74, 6) is 0.417. The van der Waals surface area contributed by atoms with E-state index in [1.807, 2.05) is 32.0 Å². The topological polar surface area (TPSA) is 71.5 Å². The Bertz CT molecular complexity index is 640. The number of aliphatic hydroxyl groups is 1. The smallest absolute Gasteiger partial charge is 0.226 e. The summed E-state index contributed by atoms with van der Waals surface area (Å²) in [4.78, 5) is 16.2. The molecule has 2 N–H and O–H groups in total. The number of fused-ring (bicyclic) bond motifs is 1. The monoisotopic (exact) mass is 288 g/mol. The molecule has 0 radical (unpaired) electrons. The average molecular weight is 288 g/mol. The Labute approximate surface area is 124 Å². The molecule has 0 bridgehead atoms. The molecular weight excluding hydrogens is 268 g/mol. The highest BCUT2D eigenvalue weighted by Crippen LogP contribution is 2.21. The maximum Gasteiger partial charge on any atom is 0.226 e. The van der Waals surface area contributed by atoms with Crippen molar-refractivity contribution < 1.29 is 14.6 Å². The second-order valence-electron chi connectivity index (χ2n) is 5.32. The van der Waals surface area contributed by atoms with Gasteiger partial charge in [0.15, 0.2) is 0 Å². The summed E-state index contributed by atoms with van der Waals surface area (Å²) >= 11 is 0. The third kappa shape index (κ3) is 3.92. The number of pyridine rings is 1. The zero-order chi connectivity index (χ0) is 15.4. The largest absolute Gasteiger partial charge is 0.481 e. The van der Waals surface area contributed by atoms with Crippen molar-refractivity contribution in [1.82, 2.24) is 4.98 Å². The number of ether oxygens (including phenoxy) is 1. The molecule has 2 aromatic rings. The molecule has 1 aromatic heterocycles. The third-order valence-electron chi connectivity index (χ3n) is 3.32. The zero-order valence-electron chi connectivity index (χ0n) is 12.5. The fraction of sp³-hybridized carbons (Fsp3) is 0.375. The van der Waals surface area contributed by atoms with E-state index in [1.165, 1.54) is 0 Å². The minimum atomic E-state index is -0.628. The van der Waals surface area contributed by atoms with E-state index in [0.29, 0.717) is 11.6 Å². The van der Waals surface area contributed by atoms with Crippen molar-refractivity contribution in [3.8, 4) is 5.88 Å². The molecule has 5 heteroatoms. The predicted octanol–water partition coefficient (Wildman–Crippen LogP) is 2.59. The van der Waals surface area contributed by atoms with Gasteiger partial charge in [0.1, 0.15) is 0 Å². The Morgan fingerprint density at radius 3 is 2.76 bits per heavy atom. The van der Waals surface area contributed by atoms with Crippen LogP contribution < -0.4 is 10.1 Å². The third-order valence-corrected chi connectivity index (χ3v) is 3.32. The number of nitrogens with zero attached hydrogens (tertiary/aromatic N) is 1. The van der Waals surface area contributed by atoms with E-state index in [2.05, 4.69) is 10.3 Å². The van der Waals surface area contributed by atoms with Crippen LogP contribution in [0.4, 0.5) is 5.69 Å². The Morgan fingerprint density at radius 2 is 2.10 bits per heavy atom. The quantitative estimate of drug-likeness (QED) is 0.887. The molecule has 0 spiro atoms. The lowest BCUT2D eigenvalue weighted by molar-refractivity contribution is -0.118. The van der Waals surface area contributed by atoms with Crippen molar-refractivity contribution >= 4 is 22.5 Å².